The second-order valence-corrected chi connectivity index (χ2v) is 6.45. The Kier molecular flexibility index (Phi) is 5.86. The van der Waals surface area contributed by atoms with Gasteiger partial charge in [0.05, 0.1) is 12.2 Å². The number of likely N-dealkylation sites (N-methyl/N-ethyl adjacent to an activating group) is 1. The number of ether oxygens (including phenoxy) is 1. The van der Waals surface area contributed by atoms with Crippen LogP contribution in [0.5, 0.6) is 0 Å². The lowest BCUT2D eigenvalue weighted by Gasteiger charge is -2.32. The van der Waals surface area contributed by atoms with Crippen molar-refractivity contribution in [2.24, 2.45) is 5.92 Å². The summed E-state index contributed by atoms with van der Waals surface area (Å²) in [7, 11) is 1.98. The fourth-order valence-electron chi connectivity index (χ4n) is 2.83. The van der Waals surface area contributed by atoms with E-state index in [4.69, 9.17) is 4.74 Å². The maximum absolute atomic E-state index is 6.40. The summed E-state index contributed by atoms with van der Waals surface area (Å²) in [6.07, 6.45) is 5.72. The van der Waals surface area contributed by atoms with Gasteiger partial charge in [-0.3, -0.25) is 0 Å². The molecular weight excluding hydrogens is 302 g/mol. The van der Waals surface area contributed by atoms with Gasteiger partial charge >= 0.3 is 0 Å². The van der Waals surface area contributed by atoms with Gasteiger partial charge in [0, 0.05) is 11.0 Å². The van der Waals surface area contributed by atoms with Gasteiger partial charge in [0.1, 0.15) is 0 Å². The normalized spacial score (nSPS) is 25.2. The maximum Gasteiger partial charge on any atom is 0.0953 e. The minimum Gasteiger partial charge on any atom is -0.369 e. The zero-order chi connectivity index (χ0) is 13.7. The van der Waals surface area contributed by atoms with E-state index < -0.39 is 0 Å². The lowest BCUT2D eigenvalue weighted by atomic mass is 9.87. The van der Waals surface area contributed by atoms with Crippen molar-refractivity contribution >= 4 is 15.9 Å². The lowest BCUT2D eigenvalue weighted by Crippen LogP contribution is -2.30. The van der Waals surface area contributed by atoms with Gasteiger partial charge < -0.3 is 10.1 Å². The minimum atomic E-state index is 0.146. The zero-order valence-corrected chi connectivity index (χ0v) is 13.4. The highest BCUT2D eigenvalue weighted by Gasteiger charge is 2.25. The van der Waals surface area contributed by atoms with Crippen LogP contribution in [0.3, 0.4) is 0 Å². The van der Waals surface area contributed by atoms with Gasteiger partial charge in [-0.25, -0.2) is 0 Å². The van der Waals surface area contributed by atoms with Crippen LogP contribution in [0.15, 0.2) is 28.7 Å². The molecule has 3 heteroatoms. The molecule has 106 valence electrons. The van der Waals surface area contributed by atoms with Crippen LogP contribution >= 0.6 is 15.9 Å². The Balaban J connectivity index is 2.07. The molecule has 2 nitrogen and oxygen atoms in total. The van der Waals surface area contributed by atoms with Gasteiger partial charge in [-0.15, -0.1) is 0 Å². The molecule has 0 amide bonds. The third kappa shape index (κ3) is 4.30. The first-order valence-electron chi connectivity index (χ1n) is 7.26. The third-order valence-electron chi connectivity index (χ3n) is 3.98. The van der Waals surface area contributed by atoms with E-state index in [9.17, 15) is 0 Å². The minimum absolute atomic E-state index is 0.146. The molecule has 0 bridgehead atoms. The van der Waals surface area contributed by atoms with Crippen LogP contribution in [-0.4, -0.2) is 19.7 Å². The molecule has 1 aromatic carbocycles. The SMILES string of the molecule is CNCC(OC1CCCCC1C)c1cccc(Br)c1. The standard InChI is InChI=1S/C16H24BrNO/c1-12-6-3-4-9-15(12)19-16(11-18-2)13-7-5-8-14(17)10-13/h5,7-8,10,12,15-16,18H,3-4,6,9,11H2,1-2H3. The molecule has 0 heterocycles. The van der Waals surface area contributed by atoms with E-state index >= 15 is 0 Å². The van der Waals surface area contributed by atoms with E-state index in [0.29, 0.717) is 12.0 Å². The molecule has 0 radical (unpaired) electrons. The lowest BCUT2D eigenvalue weighted by molar-refractivity contribution is -0.0558. The predicted molar refractivity (Wildman–Crippen MR) is 83.3 cm³/mol. The monoisotopic (exact) mass is 325 g/mol. The molecule has 3 atom stereocenters. The van der Waals surface area contributed by atoms with Gasteiger partial charge in [0.15, 0.2) is 0 Å². The number of hydrogen-bond donors (Lipinski definition) is 1. The Hall–Kier alpha value is -0.380. The zero-order valence-electron chi connectivity index (χ0n) is 11.9. The summed E-state index contributed by atoms with van der Waals surface area (Å²) >= 11 is 3.54. The summed E-state index contributed by atoms with van der Waals surface area (Å²) in [6.45, 7) is 3.18. The van der Waals surface area contributed by atoms with E-state index in [-0.39, 0.29) is 6.10 Å². The Morgan fingerprint density at radius 2 is 2.16 bits per heavy atom. The van der Waals surface area contributed by atoms with Crippen molar-refractivity contribution in [3.8, 4) is 0 Å². The fourth-order valence-corrected chi connectivity index (χ4v) is 3.25. The molecule has 2 rings (SSSR count). The number of nitrogens with one attached hydrogen (secondary N) is 1. The Labute approximate surface area is 125 Å². The largest absolute Gasteiger partial charge is 0.369 e. The first-order valence-corrected chi connectivity index (χ1v) is 8.05. The van der Waals surface area contributed by atoms with E-state index in [1.54, 1.807) is 0 Å². The smallest absolute Gasteiger partial charge is 0.0953 e. The number of hydrogen-bond acceptors (Lipinski definition) is 2. The summed E-state index contributed by atoms with van der Waals surface area (Å²) in [5.74, 6) is 0.681. The van der Waals surface area contributed by atoms with Crippen LogP contribution in [0.25, 0.3) is 0 Å². The molecule has 19 heavy (non-hydrogen) atoms. The molecule has 0 saturated heterocycles. The Bertz CT molecular complexity index is 396. The molecule has 0 spiro atoms. The van der Waals surface area contributed by atoms with E-state index in [1.165, 1.54) is 31.2 Å². The van der Waals surface area contributed by atoms with Crippen LogP contribution < -0.4 is 5.32 Å². The second-order valence-electron chi connectivity index (χ2n) is 5.54. The molecule has 1 N–H and O–H groups in total. The van der Waals surface area contributed by atoms with Crippen molar-refractivity contribution in [3.63, 3.8) is 0 Å². The van der Waals surface area contributed by atoms with Crippen LogP contribution in [-0.2, 0) is 4.74 Å². The van der Waals surface area contributed by atoms with Crippen LogP contribution in [0.1, 0.15) is 44.3 Å². The highest BCUT2D eigenvalue weighted by atomic mass is 79.9. The molecule has 1 aliphatic carbocycles. The van der Waals surface area contributed by atoms with Crippen molar-refractivity contribution in [1.82, 2.24) is 5.32 Å². The molecule has 3 unspecified atom stereocenters. The first kappa shape index (κ1) is 15.0. The van der Waals surface area contributed by atoms with Crippen LogP contribution in [0.4, 0.5) is 0 Å². The molecule has 1 aromatic rings. The first-order chi connectivity index (χ1) is 9.20. The van der Waals surface area contributed by atoms with Crippen molar-refractivity contribution in [2.45, 2.75) is 44.8 Å². The summed E-state index contributed by atoms with van der Waals surface area (Å²) in [5.41, 5.74) is 1.25. The van der Waals surface area contributed by atoms with Crippen molar-refractivity contribution < 1.29 is 4.74 Å². The number of rotatable bonds is 5. The molecule has 0 aromatic heterocycles. The van der Waals surface area contributed by atoms with Gasteiger partial charge in [0.2, 0.25) is 0 Å². The molecule has 1 aliphatic rings. The third-order valence-corrected chi connectivity index (χ3v) is 4.48. The van der Waals surface area contributed by atoms with Gasteiger partial charge in [-0.2, -0.15) is 0 Å². The Morgan fingerprint density at radius 3 is 2.84 bits per heavy atom. The van der Waals surface area contributed by atoms with Crippen molar-refractivity contribution in [3.05, 3.63) is 34.3 Å². The predicted octanol–water partition coefficient (Wildman–Crippen LogP) is 4.30. The average molecular weight is 326 g/mol. The maximum atomic E-state index is 6.40. The van der Waals surface area contributed by atoms with E-state index in [1.807, 2.05) is 7.05 Å². The molecule has 1 saturated carbocycles. The van der Waals surface area contributed by atoms with Crippen molar-refractivity contribution in [2.75, 3.05) is 13.6 Å². The second kappa shape index (κ2) is 7.41. The van der Waals surface area contributed by atoms with Gasteiger partial charge in [-0.1, -0.05) is 47.8 Å². The van der Waals surface area contributed by atoms with Gasteiger partial charge in [0.25, 0.3) is 0 Å². The highest BCUT2D eigenvalue weighted by Crippen LogP contribution is 2.31. The summed E-state index contributed by atoms with van der Waals surface area (Å²) in [6, 6.07) is 8.45. The Morgan fingerprint density at radius 1 is 1.37 bits per heavy atom. The van der Waals surface area contributed by atoms with Crippen molar-refractivity contribution in [1.29, 1.82) is 0 Å². The molecular formula is C16H24BrNO. The topological polar surface area (TPSA) is 21.3 Å². The molecule has 1 fully saturated rings. The van der Waals surface area contributed by atoms with E-state index in [2.05, 4.69) is 52.4 Å². The summed E-state index contributed by atoms with van der Waals surface area (Å²) < 4.78 is 7.52. The average Bonchev–Trinajstić information content (AvgIpc) is 2.40. The highest BCUT2D eigenvalue weighted by molar-refractivity contribution is 9.10. The summed E-state index contributed by atoms with van der Waals surface area (Å²) in [5, 5.41) is 3.25. The van der Waals surface area contributed by atoms with Crippen LogP contribution in [0.2, 0.25) is 0 Å². The van der Waals surface area contributed by atoms with E-state index in [0.717, 1.165) is 11.0 Å². The number of benzene rings is 1. The van der Waals surface area contributed by atoms with Gasteiger partial charge in [-0.05, 0) is 43.5 Å². The molecule has 0 aliphatic heterocycles. The summed E-state index contributed by atoms with van der Waals surface area (Å²) in [4.78, 5) is 0. The van der Waals surface area contributed by atoms with Crippen LogP contribution in [0, 0.1) is 5.92 Å². The quantitative estimate of drug-likeness (QED) is 0.871. The number of halogens is 1. The fraction of sp³-hybridized carbons (Fsp3) is 0.625.